The van der Waals surface area contributed by atoms with Gasteiger partial charge in [-0.1, -0.05) is 12.8 Å². The lowest BCUT2D eigenvalue weighted by atomic mass is 9.90. The molecule has 10 heteroatoms. The maximum absolute atomic E-state index is 13.9. The van der Waals surface area contributed by atoms with E-state index in [1.165, 1.54) is 24.6 Å². The molecule has 2 aliphatic heterocycles. The van der Waals surface area contributed by atoms with Gasteiger partial charge in [-0.05, 0) is 55.6 Å². The second-order valence-electron chi connectivity index (χ2n) is 9.37. The van der Waals surface area contributed by atoms with E-state index in [1.54, 1.807) is 24.5 Å². The third kappa shape index (κ3) is 5.99. The van der Waals surface area contributed by atoms with Crippen LogP contribution in [0.3, 0.4) is 0 Å². The molecule has 2 atom stereocenters. The molecule has 4 rings (SSSR count). The largest absolute Gasteiger partial charge is 0.497 e. The monoisotopic (exact) mass is 516 g/mol. The fraction of sp³-hybridized carbons (Fsp3) is 0.538. The molecule has 0 spiro atoms. The highest BCUT2D eigenvalue weighted by atomic mass is 32.2. The Labute approximate surface area is 213 Å². The minimum Gasteiger partial charge on any atom is -0.497 e. The second kappa shape index (κ2) is 12.0. The molecule has 9 nitrogen and oxygen atoms in total. The van der Waals surface area contributed by atoms with Gasteiger partial charge in [0.2, 0.25) is 15.9 Å². The smallest absolute Gasteiger partial charge is 0.246 e. The number of nitrogens with one attached hydrogen (secondary N) is 1. The number of rotatable bonds is 6. The number of sulfonamides is 1. The van der Waals surface area contributed by atoms with Gasteiger partial charge in [-0.3, -0.25) is 14.7 Å². The van der Waals surface area contributed by atoms with Crippen molar-refractivity contribution < 1.29 is 22.7 Å². The number of carbonyl (C=O) groups excluding carboxylic acids is 1. The Balaban J connectivity index is 1.67. The molecule has 1 amide bonds. The molecule has 1 N–H and O–H groups in total. The van der Waals surface area contributed by atoms with Gasteiger partial charge in [0.25, 0.3) is 0 Å². The molecule has 36 heavy (non-hydrogen) atoms. The Morgan fingerprint density at radius 2 is 1.81 bits per heavy atom. The van der Waals surface area contributed by atoms with Crippen LogP contribution >= 0.6 is 0 Å². The van der Waals surface area contributed by atoms with E-state index in [-0.39, 0.29) is 41.6 Å². The summed E-state index contributed by atoms with van der Waals surface area (Å²) in [5.74, 6) is 0.436. The van der Waals surface area contributed by atoms with Crippen molar-refractivity contribution in [2.75, 3.05) is 40.4 Å². The summed E-state index contributed by atoms with van der Waals surface area (Å²) in [4.78, 5) is 19.7. The standard InChI is InChI=1S/C26H36N4O5S/c1-34-21-7-8-24(35-2)25(17-21)36(32,33)30-16-11-22-23(19-30)29(18-20-9-13-27-14-10-20)15-6-4-3-5-12-28-26(22)31/h7-10,13-14,17,22-23H,3-6,11-12,15-16,18-19H2,1-2H3,(H,28,31)/t22-,23+/m0/s1. The fourth-order valence-corrected chi connectivity index (χ4v) is 6.79. The van der Waals surface area contributed by atoms with E-state index >= 15 is 0 Å². The van der Waals surface area contributed by atoms with Crippen LogP contribution < -0.4 is 14.8 Å². The molecule has 1 aromatic heterocycles. The van der Waals surface area contributed by atoms with Crippen LogP contribution in [0.2, 0.25) is 0 Å². The maximum Gasteiger partial charge on any atom is 0.246 e. The third-order valence-corrected chi connectivity index (χ3v) is 9.03. The van der Waals surface area contributed by atoms with Crippen molar-refractivity contribution >= 4 is 15.9 Å². The number of benzene rings is 1. The van der Waals surface area contributed by atoms with Crippen LogP contribution in [0, 0.1) is 5.92 Å². The predicted octanol–water partition coefficient (Wildman–Crippen LogP) is 2.67. The summed E-state index contributed by atoms with van der Waals surface area (Å²) < 4.78 is 39.9. The first-order chi connectivity index (χ1) is 17.4. The molecule has 3 heterocycles. The first-order valence-corrected chi connectivity index (χ1v) is 14.0. The Morgan fingerprint density at radius 3 is 2.56 bits per heavy atom. The number of nitrogens with zero attached hydrogens (tertiary/aromatic N) is 3. The van der Waals surface area contributed by atoms with Crippen molar-refractivity contribution in [3.05, 3.63) is 48.3 Å². The maximum atomic E-state index is 13.9. The quantitative estimate of drug-likeness (QED) is 0.630. The molecule has 2 fully saturated rings. The number of methoxy groups -OCH3 is 2. The molecule has 0 aliphatic carbocycles. The Morgan fingerprint density at radius 1 is 1.03 bits per heavy atom. The normalized spacial score (nSPS) is 22.7. The zero-order valence-electron chi connectivity index (χ0n) is 21.1. The van der Waals surface area contributed by atoms with Crippen LogP contribution in [0.4, 0.5) is 0 Å². The van der Waals surface area contributed by atoms with Crippen LogP contribution in [-0.2, 0) is 21.4 Å². The van der Waals surface area contributed by atoms with Crippen molar-refractivity contribution in [1.29, 1.82) is 0 Å². The summed E-state index contributed by atoms with van der Waals surface area (Å²) in [6.07, 6.45) is 8.08. The molecule has 196 valence electrons. The summed E-state index contributed by atoms with van der Waals surface area (Å²) in [5, 5.41) is 3.10. The molecular weight excluding hydrogens is 480 g/mol. The molecule has 2 aromatic rings. The van der Waals surface area contributed by atoms with Crippen LogP contribution in [0.1, 0.15) is 37.7 Å². The van der Waals surface area contributed by atoms with Crippen LogP contribution in [0.5, 0.6) is 11.5 Å². The number of amides is 1. The van der Waals surface area contributed by atoms with E-state index in [0.717, 1.165) is 37.8 Å². The van der Waals surface area contributed by atoms with Crippen molar-refractivity contribution in [2.24, 2.45) is 5.92 Å². The van der Waals surface area contributed by atoms with Gasteiger partial charge in [-0.15, -0.1) is 0 Å². The molecular formula is C26H36N4O5S. The zero-order chi connectivity index (χ0) is 25.5. The van der Waals surface area contributed by atoms with E-state index in [1.807, 2.05) is 12.1 Å². The number of piperidine rings is 1. The molecule has 1 aromatic carbocycles. The van der Waals surface area contributed by atoms with Gasteiger partial charge in [0.05, 0.1) is 20.1 Å². The lowest BCUT2D eigenvalue weighted by Crippen LogP contribution is -2.57. The van der Waals surface area contributed by atoms with Crippen LogP contribution in [0.15, 0.2) is 47.6 Å². The number of aromatic nitrogens is 1. The van der Waals surface area contributed by atoms with Gasteiger partial charge < -0.3 is 14.8 Å². The number of hydrogen-bond donors (Lipinski definition) is 1. The fourth-order valence-electron chi connectivity index (χ4n) is 5.14. The second-order valence-corrected chi connectivity index (χ2v) is 11.3. The van der Waals surface area contributed by atoms with Gasteiger partial charge in [0, 0.05) is 50.7 Å². The SMILES string of the molecule is COc1ccc(OC)c(S(=O)(=O)N2CC[C@@H]3C(=O)NCCCCCCN(Cc4ccncc4)[C@@H]3C2)c1. The number of fused-ring (bicyclic) bond motifs is 1. The van der Waals surface area contributed by atoms with E-state index in [0.29, 0.717) is 25.3 Å². The first kappa shape index (κ1) is 26.4. The topological polar surface area (TPSA) is 101 Å². The van der Waals surface area contributed by atoms with E-state index in [4.69, 9.17) is 9.47 Å². The average molecular weight is 517 g/mol. The average Bonchev–Trinajstić information content (AvgIpc) is 2.94. The summed E-state index contributed by atoms with van der Waals surface area (Å²) >= 11 is 0. The van der Waals surface area contributed by atoms with Gasteiger partial charge >= 0.3 is 0 Å². The number of ether oxygens (including phenoxy) is 2. The number of pyridine rings is 1. The van der Waals surface area contributed by atoms with Crippen molar-refractivity contribution in [1.82, 2.24) is 19.5 Å². The first-order valence-electron chi connectivity index (χ1n) is 12.6. The molecule has 0 bridgehead atoms. The lowest BCUT2D eigenvalue weighted by molar-refractivity contribution is -0.129. The minimum atomic E-state index is -3.89. The lowest BCUT2D eigenvalue weighted by Gasteiger charge is -2.43. The predicted molar refractivity (Wildman–Crippen MR) is 136 cm³/mol. The van der Waals surface area contributed by atoms with Gasteiger partial charge in [0.1, 0.15) is 16.4 Å². The summed E-state index contributed by atoms with van der Waals surface area (Å²) in [5.41, 5.74) is 1.09. The van der Waals surface area contributed by atoms with Crippen molar-refractivity contribution in [3.8, 4) is 11.5 Å². The van der Waals surface area contributed by atoms with Gasteiger partial charge in [0.15, 0.2) is 0 Å². The molecule has 0 radical (unpaired) electrons. The molecule has 2 saturated heterocycles. The summed E-state index contributed by atoms with van der Waals surface area (Å²) in [6, 6.07) is 8.47. The van der Waals surface area contributed by atoms with Gasteiger partial charge in [-0.2, -0.15) is 4.31 Å². The number of hydrogen-bond acceptors (Lipinski definition) is 7. The zero-order valence-corrected chi connectivity index (χ0v) is 21.9. The van der Waals surface area contributed by atoms with E-state index in [2.05, 4.69) is 15.2 Å². The Hall–Kier alpha value is -2.69. The van der Waals surface area contributed by atoms with E-state index < -0.39 is 10.0 Å². The Kier molecular flexibility index (Phi) is 8.81. The molecule has 0 unspecified atom stereocenters. The summed E-state index contributed by atoms with van der Waals surface area (Å²) in [6.45, 7) is 2.59. The van der Waals surface area contributed by atoms with Crippen LogP contribution in [-0.4, -0.2) is 75.0 Å². The molecule has 0 saturated carbocycles. The molecule has 2 aliphatic rings. The number of carbonyl (C=O) groups is 1. The highest BCUT2D eigenvalue weighted by Gasteiger charge is 2.42. The highest BCUT2D eigenvalue weighted by Crippen LogP contribution is 2.34. The Bertz CT molecular complexity index is 1130. The van der Waals surface area contributed by atoms with E-state index in [9.17, 15) is 13.2 Å². The van der Waals surface area contributed by atoms with Crippen LogP contribution in [0.25, 0.3) is 0 Å². The third-order valence-electron chi connectivity index (χ3n) is 7.15. The van der Waals surface area contributed by atoms with Crippen molar-refractivity contribution in [3.63, 3.8) is 0 Å². The minimum absolute atomic E-state index is 0.0117. The highest BCUT2D eigenvalue weighted by molar-refractivity contribution is 7.89. The van der Waals surface area contributed by atoms with Crippen molar-refractivity contribution in [2.45, 2.75) is 49.6 Å². The van der Waals surface area contributed by atoms with Gasteiger partial charge in [-0.25, -0.2) is 8.42 Å². The summed E-state index contributed by atoms with van der Waals surface area (Å²) in [7, 11) is -0.928.